The molecule has 0 saturated carbocycles. The lowest BCUT2D eigenvalue weighted by molar-refractivity contribution is 0.101. The number of nitrogens with one attached hydrogen (secondary N) is 6. The summed E-state index contributed by atoms with van der Waals surface area (Å²) in [7, 11) is -16.8. The molecule has 10 N–H and O–H groups in total. The van der Waals surface area contributed by atoms with Gasteiger partial charge in [-0.3, -0.25) is 37.4 Å². The number of fused-ring (bicyclic) bond motifs is 2. The molecular weight excluding hydrogens is 1100 g/mol. The number of amides is 6. The van der Waals surface area contributed by atoms with Crippen molar-refractivity contribution < 1.29 is 75.9 Å². The number of urea groups is 1. The fourth-order valence-electron chi connectivity index (χ4n) is 8.37. The molecule has 0 aliphatic rings. The van der Waals surface area contributed by atoms with Gasteiger partial charge >= 0.3 is 6.03 Å². The van der Waals surface area contributed by atoms with Gasteiger partial charge in [0, 0.05) is 70.5 Å². The van der Waals surface area contributed by atoms with Gasteiger partial charge in [0.25, 0.3) is 64.1 Å². The van der Waals surface area contributed by atoms with E-state index in [-0.39, 0.29) is 66.8 Å². The molecule has 8 aromatic rings. The van der Waals surface area contributed by atoms with Crippen LogP contribution >= 0.6 is 0 Å². The number of benzene rings is 6. The van der Waals surface area contributed by atoms with Crippen molar-refractivity contribution >= 4 is 126 Å². The maximum Gasteiger partial charge on any atom is 0.323 e. The Morgan fingerprint density at radius 1 is 0.397 bits per heavy atom. The predicted molar refractivity (Wildman–Crippen MR) is 285 cm³/mol. The summed E-state index contributed by atoms with van der Waals surface area (Å²) in [5, 5.41) is 14.2. The number of hydrogen-bond donors (Lipinski definition) is 10. The molecule has 0 spiro atoms. The number of carbonyl (C=O) groups is 5. The Morgan fingerprint density at radius 2 is 0.756 bits per heavy atom. The summed E-state index contributed by atoms with van der Waals surface area (Å²) in [6.07, 6.45) is 2.86. The van der Waals surface area contributed by atoms with Crippen LogP contribution in [0.25, 0.3) is 21.5 Å². The average molecular weight is 1140 g/mol. The van der Waals surface area contributed by atoms with Crippen molar-refractivity contribution in [2.24, 2.45) is 14.1 Å². The van der Waals surface area contributed by atoms with Gasteiger partial charge in [0.1, 0.15) is 31.0 Å². The van der Waals surface area contributed by atoms with Crippen LogP contribution in [0.3, 0.4) is 0 Å². The molecule has 0 bridgehead atoms. The first kappa shape index (κ1) is 55.4. The molecule has 0 aliphatic heterocycles. The Hall–Kier alpha value is -8.81. The van der Waals surface area contributed by atoms with Crippen LogP contribution < -0.4 is 31.9 Å². The molecule has 2 heterocycles. The third-order valence-corrected chi connectivity index (χ3v) is 15.7. The van der Waals surface area contributed by atoms with Gasteiger partial charge in [-0.25, -0.2) is 4.79 Å². The summed E-state index contributed by atoms with van der Waals surface area (Å²) in [4.78, 5) is 64.5. The molecule has 0 radical (unpaired) electrons. The van der Waals surface area contributed by atoms with E-state index in [1.807, 2.05) is 0 Å². The number of anilines is 6. The molecule has 78 heavy (non-hydrogen) atoms. The maximum atomic E-state index is 13.6. The van der Waals surface area contributed by atoms with Crippen LogP contribution in [0.2, 0.25) is 0 Å². The van der Waals surface area contributed by atoms with E-state index in [9.17, 15) is 75.9 Å². The lowest BCUT2D eigenvalue weighted by Crippen LogP contribution is -2.19. The van der Waals surface area contributed by atoms with Crippen LogP contribution in [0, 0.1) is 13.8 Å². The normalized spacial score (nSPS) is 12.0. The lowest BCUT2D eigenvalue weighted by Gasteiger charge is -2.15. The van der Waals surface area contributed by atoms with Gasteiger partial charge in [0.15, 0.2) is 0 Å². The standard InChI is InChI=1S/C49H42N8O17S4/c1-25-11-13-27(45(58)52-35-17-15-31-33(43(35)77(69,70)71)7-5-9-41(31)75(63,64)65)19-37(25)54-47(60)39-21-29(23-56(39)3)50-49(62)51-30-22-40(57(4)24-30)48(61)55-38-20-28(14-12-26(38)2)46(59)53-36-18-16-32-34(44(36)78(72,73)74)8-6-10-42(32)76(66,67)68/h5-24H,1-4H3,(H,52,58)(H,53,59)(H,54,60)(H,55,61)(H2,50,51,62)(H,63,64,65)(H,66,67,68)(H,69,70,71)(H,72,73,74). The van der Waals surface area contributed by atoms with Gasteiger partial charge in [0.05, 0.1) is 22.7 Å². The summed E-state index contributed by atoms with van der Waals surface area (Å²) in [5.74, 6) is -3.14. The molecule has 6 amide bonds. The quantitative estimate of drug-likeness (QED) is 0.0493. The number of aromatic nitrogens is 2. The zero-order valence-electron chi connectivity index (χ0n) is 40.7. The third-order valence-electron chi connectivity index (χ3n) is 12.0. The molecular formula is C49H42N8O17S4. The molecule has 29 heteroatoms. The second-order valence-corrected chi connectivity index (χ2v) is 22.9. The molecule has 25 nitrogen and oxygen atoms in total. The van der Waals surface area contributed by atoms with E-state index < -0.39 is 101 Å². The predicted octanol–water partition coefficient (Wildman–Crippen LogP) is 6.93. The van der Waals surface area contributed by atoms with E-state index in [1.165, 1.54) is 96.3 Å². The van der Waals surface area contributed by atoms with E-state index >= 15 is 0 Å². The van der Waals surface area contributed by atoms with Gasteiger partial charge in [-0.15, -0.1) is 0 Å². The molecule has 0 saturated heterocycles. The second kappa shape index (κ2) is 20.6. The summed E-state index contributed by atoms with van der Waals surface area (Å²) in [6.45, 7) is 3.26. The lowest BCUT2D eigenvalue weighted by atomic mass is 10.1. The third kappa shape index (κ3) is 11.6. The zero-order chi connectivity index (χ0) is 57.0. The Bertz CT molecular complexity index is 4110. The van der Waals surface area contributed by atoms with E-state index in [4.69, 9.17) is 0 Å². The highest BCUT2D eigenvalue weighted by atomic mass is 32.2. The van der Waals surface area contributed by atoms with Crippen LogP contribution in [0.4, 0.5) is 38.9 Å². The first-order valence-corrected chi connectivity index (χ1v) is 28.0. The Labute approximate surface area is 443 Å². The molecule has 0 unspecified atom stereocenters. The van der Waals surface area contributed by atoms with Crippen LogP contribution in [0.15, 0.2) is 141 Å². The van der Waals surface area contributed by atoms with Crippen LogP contribution in [-0.2, 0) is 54.6 Å². The van der Waals surface area contributed by atoms with Gasteiger partial charge in [-0.1, -0.05) is 48.5 Å². The highest BCUT2D eigenvalue weighted by Crippen LogP contribution is 2.36. The topological polar surface area (TPSA) is 385 Å². The zero-order valence-corrected chi connectivity index (χ0v) is 43.9. The fourth-order valence-corrected chi connectivity index (χ4v) is 11.5. The second-order valence-electron chi connectivity index (χ2n) is 17.4. The molecule has 0 aliphatic carbocycles. The monoisotopic (exact) mass is 1140 g/mol. The van der Waals surface area contributed by atoms with Crippen LogP contribution in [0.5, 0.6) is 0 Å². The summed E-state index contributed by atoms with van der Waals surface area (Å²) in [5.41, 5.74) is 0.710. The van der Waals surface area contributed by atoms with Gasteiger partial charge in [-0.05, 0) is 85.6 Å². The molecule has 6 aromatic carbocycles. The summed E-state index contributed by atoms with van der Waals surface area (Å²) in [6, 6.07) is 21.3. The number of rotatable bonds is 14. The number of aryl methyl sites for hydroxylation is 4. The molecule has 0 atom stereocenters. The van der Waals surface area contributed by atoms with Gasteiger partial charge < -0.3 is 41.0 Å². The molecule has 0 fully saturated rings. The minimum absolute atomic E-state index is 0.0432. The van der Waals surface area contributed by atoms with Crippen molar-refractivity contribution in [1.82, 2.24) is 9.13 Å². The molecule has 2 aromatic heterocycles. The van der Waals surface area contributed by atoms with Crippen molar-refractivity contribution in [2.45, 2.75) is 33.4 Å². The van der Waals surface area contributed by atoms with Crippen molar-refractivity contribution in [1.29, 1.82) is 0 Å². The summed E-state index contributed by atoms with van der Waals surface area (Å²) >= 11 is 0. The molecule has 404 valence electrons. The van der Waals surface area contributed by atoms with Crippen LogP contribution in [0.1, 0.15) is 52.8 Å². The highest BCUT2D eigenvalue weighted by molar-refractivity contribution is 7.87. The van der Waals surface area contributed by atoms with Crippen LogP contribution in [-0.4, -0.2) is 90.7 Å². The smallest absolute Gasteiger partial charge is 0.323 e. The van der Waals surface area contributed by atoms with Crippen molar-refractivity contribution in [3.8, 4) is 0 Å². The minimum Gasteiger partial charge on any atom is -0.344 e. The number of hydrogen-bond acceptors (Lipinski definition) is 13. The summed E-state index contributed by atoms with van der Waals surface area (Å²) < 4.78 is 140. The van der Waals surface area contributed by atoms with Gasteiger partial charge in [-0.2, -0.15) is 33.7 Å². The Morgan fingerprint density at radius 3 is 1.10 bits per heavy atom. The van der Waals surface area contributed by atoms with E-state index in [0.29, 0.717) is 11.1 Å². The van der Waals surface area contributed by atoms with E-state index in [2.05, 4.69) is 31.9 Å². The highest BCUT2D eigenvalue weighted by Gasteiger charge is 2.27. The van der Waals surface area contributed by atoms with E-state index in [0.717, 1.165) is 48.5 Å². The first-order valence-electron chi connectivity index (χ1n) is 22.3. The average Bonchev–Trinajstić information content (AvgIpc) is 4.03. The largest absolute Gasteiger partial charge is 0.344 e. The maximum absolute atomic E-state index is 13.6. The van der Waals surface area contributed by atoms with Crippen molar-refractivity contribution in [3.05, 3.63) is 155 Å². The SMILES string of the molecule is Cc1ccc(C(=O)Nc2ccc3c(S(=O)(=O)O)cccc3c2S(=O)(=O)O)cc1NC(=O)c1cc(NC(=O)Nc2cc(C(=O)Nc3cc(C(=O)Nc4ccc5c(S(=O)(=O)O)cccc5c4S(=O)(=O)O)ccc3C)n(C)c2)cn1C. The molecule has 8 rings (SSSR count). The van der Waals surface area contributed by atoms with E-state index in [1.54, 1.807) is 13.8 Å². The van der Waals surface area contributed by atoms with Crippen molar-refractivity contribution in [3.63, 3.8) is 0 Å². The first-order chi connectivity index (χ1) is 36.4. The number of carbonyl (C=O) groups excluding carboxylic acids is 5. The fraction of sp³-hybridized carbons (Fsp3) is 0.0816. The Balaban J connectivity index is 0.915. The van der Waals surface area contributed by atoms with Gasteiger partial charge in [0.2, 0.25) is 0 Å². The minimum atomic E-state index is -5.11. The number of nitrogens with zero attached hydrogens (tertiary/aromatic N) is 2. The van der Waals surface area contributed by atoms with Crippen molar-refractivity contribution in [2.75, 3.05) is 31.9 Å². The Kier molecular flexibility index (Phi) is 14.7.